The molecule has 1 aromatic heterocycles. The number of anilines is 2. The zero-order chi connectivity index (χ0) is 20.2. The normalized spacial score (nSPS) is 11.6. The monoisotopic (exact) mass is 394 g/mol. The van der Waals surface area contributed by atoms with E-state index in [-0.39, 0.29) is 28.5 Å². The number of rotatable bonds is 6. The molecule has 146 valence electrons. The zero-order valence-electron chi connectivity index (χ0n) is 15.7. The summed E-state index contributed by atoms with van der Waals surface area (Å²) >= 11 is 0. The molecule has 0 aliphatic rings. The standard InChI is InChI=1S/C17H22N4O5S/c1-17(2,3)15(22)18-11-6-8-12(9-7-11)27(23,24)21-13-10-14(25-4)20-16(19-13)26-5/h6-10H,1-5H3,(H,18,22)(H,19,20,21). The Morgan fingerprint density at radius 2 is 1.67 bits per heavy atom. The summed E-state index contributed by atoms with van der Waals surface area (Å²) in [4.78, 5) is 19.8. The number of nitrogens with zero attached hydrogens (tertiary/aromatic N) is 2. The van der Waals surface area contributed by atoms with Crippen LogP contribution in [0.15, 0.2) is 35.2 Å². The van der Waals surface area contributed by atoms with E-state index in [4.69, 9.17) is 9.47 Å². The lowest BCUT2D eigenvalue weighted by atomic mass is 9.95. The van der Waals surface area contributed by atoms with E-state index in [0.717, 1.165) is 0 Å². The number of ether oxygens (including phenoxy) is 2. The zero-order valence-corrected chi connectivity index (χ0v) is 16.5. The molecule has 0 atom stereocenters. The molecule has 0 saturated heterocycles. The molecule has 2 N–H and O–H groups in total. The minimum Gasteiger partial charge on any atom is -0.481 e. The number of methoxy groups -OCH3 is 2. The maximum atomic E-state index is 12.6. The van der Waals surface area contributed by atoms with E-state index in [1.165, 1.54) is 44.6 Å². The highest BCUT2D eigenvalue weighted by Crippen LogP contribution is 2.22. The van der Waals surface area contributed by atoms with Gasteiger partial charge >= 0.3 is 6.01 Å². The Balaban J connectivity index is 2.21. The Morgan fingerprint density at radius 1 is 1.04 bits per heavy atom. The third kappa shape index (κ3) is 5.30. The summed E-state index contributed by atoms with van der Waals surface area (Å²) in [5.74, 6) is -0.0139. The molecule has 2 aromatic rings. The average Bonchev–Trinajstić information content (AvgIpc) is 2.60. The lowest BCUT2D eigenvalue weighted by molar-refractivity contribution is -0.123. The van der Waals surface area contributed by atoms with E-state index >= 15 is 0 Å². The molecule has 0 bridgehead atoms. The predicted octanol–water partition coefficient (Wildman–Crippen LogP) is 2.28. The van der Waals surface area contributed by atoms with Crippen molar-refractivity contribution >= 4 is 27.4 Å². The van der Waals surface area contributed by atoms with E-state index in [2.05, 4.69) is 20.0 Å². The number of hydrogen-bond acceptors (Lipinski definition) is 7. The number of amides is 1. The van der Waals surface area contributed by atoms with Crippen LogP contribution in [0.5, 0.6) is 11.9 Å². The number of carbonyl (C=O) groups is 1. The highest BCUT2D eigenvalue weighted by atomic mass is 32.2. The molecule has 0 saturated carbocycles. The van der Waals surface area contributed by atoms with Gasteiger partial charge in [-0.05, 0) is 24.3 Å². The van der Waals surface area contributed by atoms with Crippen molar-refractivity contribution in [2.24, 2.45) is 5.41 Å². The number of nitrogens with one attached hydrogen (secondary N) is 2. The van der Waals surface area contributed by atoms with Gasteiger partial charge in [0.15, 0.2) is 5.82 Å². The van der Waals surface area contributed by atoms with Crippen LogP contribution in [-0.2, 0) is 14.8 Å². The first-order valence-electron chi connectivity index (χ1n) is 7.96. The van der Waals surface area contributed by atoms with Crippen LogP contribution in [0.3, 0.4) is 0 Å². The fraction of sp³-hybridized carbons (Fsp3) is 0.353. The molecule has 2 rings (SSSR count). The summed E-state index contributed by atoms with van der Waals surface area (Å²) in [6.45, 7) is 5.36. The summed E-state index contributed by atoms with van der Waals surface area (Å²) in [5.41, 5.74) is -0.0588. The SMILES string of the molecule is COc1cc(NS(=O)(=O)c2ccc(NC(=O)C(C)(C)C)cc2)nc(OC)n1. The van der Waals surface area contributed by atoms with E-state index in [1.807, 2.05) is 0 Å². The van der Waals surface area contributed by atoms with Gasteiger partial charge in [-0.2, -0.15) is 9.97 Å². The van der Waals surface area contributed by atoms with Crippen molar-refractivity contribution in [1.82, 2.24) is 9.97 Å². The molecule has 1 amide bonds. The van der Waals surface area contributed by atoms with Gasteiger partial charge in [0.05, 0.1) is 19.1 Å². The first kappa shape index (κ1) is 20.4. The van der Waals surface area contributed by atoms with Gasteiger partial charge in [-0.25, -0.2) is 8.42 Å². The minimum atomic E-state index is -3.90. The Kier molecular flexibility index (Phi) is 5.89. The van der Waals surface area contributed by atoms with E-state index < -0.39 is 15.4 Å². The predicted molar refractivity (Wildman–Crippen MR) is 100 cm³/mol. The van der Waals surface area contributed by atoms with Crippen LogP contribution in [0.25, 0.3) is 0 Å². The van der Waals surface area contributed by atoms with E-state index in [1.54, 1.807) is 20.8 Å². The van der Waals surface area contributed by atoms with Gasteiger partial charge < -0.3 is 14.8 Å². The molecule has 1 heterocycles. The molecule has 0 aliphatic carbocycles. The Labute approximate surface area is 158 Å². The van der Waals surface area contributed by atoms with Gasteiger partial charge in [-0.1, -0.05) is 20.8 Å². The quantitative estimate of drug-likeness (QED) is 0.771. The molecule has 0 unspecified atom stereocenters. The lowest BCUT2D eigenvalue weighted by Crippen LogP contribution is -2.27. The summed E-state index contributed by atoms with van der Waals surface area (Å²) in [7, 11) is -1.15. The van der Waals surface area contributed by atoms with Gasteiger partial charge in [0, 0.05) is 17.2 Å². The molecule has 0 aliphatic heterocycles. The first-order valence-corrected chi connectivity index (χ1v) is 9.45. The molecule has 10 heteroatoms. The number of benzene rings is 1. The van der Waals surface area contributed by atoms with Gasteiger partial charge in [-0.15, -0.1) is 0 Å². The molecule has 1 aromatic carbocycles. The average molecular weight is 394 g/mol. The second kappa shape index (κ2) is 7.78. The van der Waals surface area contributed by atoms with Gasteiger partial charge in [0.25, 0.3) is 10.0 Å². The highest BCUT2D eigenvalue weighted by molar-refractivity contribution is 7.92. The lowest BCUT2D eigenvalue weighted by Gasteiger charge is -2.17. The van der Waals surface area contributed by atoms with Crippen LogP contribution >= 0.6 is 0 Å². The number of carbonyl (C=O) groups excluding carboxylic acids is 1. The number of aromatic nitrogens is 2. The Hall–Kier alpha value is -2.88. The topological polar surface area (TPSA) is 120 Å². The first-order chi connectivity index (χ1) is 12.5. The summed E-state index contributed by atoms with van der Waals surface area (Å²) in [6, 6.07) is 7.09. The van der Waals surface area contributed by atoms with Crippen LogP contribution in [0.1, 0.15) is 20.8 Å². The third-order valence-corrected chi connectivity index (χ3v) is 4.79. The molecule has 9 nitrogen and oxygen atoms in total. The molecule has 0 radical (unpaired) electrons. The van der Waals surface area contributed by atoms with Gasteiger partial charge in [0.2, 0.25) is 11.8 Å². The molecule has 0 fully saturated rings. The molecule has 0 spiro atoms. The van der Waals surface area contributed by atoms with Crippen molar-refractivity contribution in [3.05, 3.63) is 30.3 Å². The number of hydrogen-bond donors (Lipinski definition) is 2. The van der Waals surface area contributed by atoms with Crippen molar-refractivity contribution in [3.8, 4) is 11.9 Å². The summed E-state index contributed by atoms with van der Waals surface area (Å²) in [5, 5.41) is 2.73. The van der Waals surface area contributed by atoms with Gasteiger partial charge in [0.1, 0.15) is 0 Å². The van der Waals surface area contributed by atoms with Gasteiger partial charge in [-0.3, -0.25) is 9.52 Å². The van der Waals surface area contributed by atoms with Crippen LogP contribution in [0.2, 0.25) is 0 Å². The molecule has 27 heavy (non-hydrogen) atoms. The van der Waals surface area contributed by atoms with Crippen LogP contribution in [-0.4, -0.2) is 38.5 Å². The summed E-state index contributed by atoms with van der Waals surface area (Å²) < 4.78 is 37.4. The van der Waals surface area contributed by atoms with Crippen LogP contribution in [0, 0.1) is 5.41 Å². The van der Waals surface area contributed by atoms with Crippen molar-refractivity contribution in [2.45, 2.75) is 25.7 Å². The Bertz CT molecular complexity index is 899. The Morgan fingerprint density at radius 3 is 2.19 bits per heavy atom. The number of sulfonamides is 1. The van der Waals surface area contributed by atoms with E-state index in [9.17, 15) is 13.2 Å². The molecular weight excluding hydrogens is 372 g/mol. The fourth-order valence-electron chi connectivity index (χ4n) is 1.88. The van der Waals surface area contributed by atoms with Crippen molar-refractivity contribution < 1.29 is 22.7 Å². The summed E-state index contributed by atoms with van der Waals surface area (Å²) in [6.07, 6.45) is 0. The molecular formula is C17H22N4O5S. The van der Waals surface area contributed by atoms with E-state index in [0.29, 0.717) is 5.69 Å². The highest BCUT2D eigenvalue weighted by Gasteiger charge is 2.22. The second-order valence-electron chi connectivity index (χ2n) is 6.62. The fourth-order valence-corrected chi connectivity index (χ4v) is 2.88. The maximum Gasteiger partial charge on any atom is 0.321 e. The maximum absolute atomic E-state index is 12.6. The second-order valence-corrected chi connectivity index (χ2v) is 8.30. The van der Waals surface area contributed by atoms with Crippen LogP contribution < -0.4 is 19.5 Å². The van der Waals surface area contributed by atoms with Crippen molar-refractivity contribution in [2.75, 3.05) is 24.3 Å². The largest absolute Gasteiger partial charge is 0.481 e. The van der Waals surface area contributed by atoms with Crippen LogP contribution in [0.4, 0.5) is 11.5 Å². The third-order valence-electron chi connectivity index (χ3n) is 3.42. The van der Waals surface area contributed by atoms with Crippen molar-refractivity contribution in [3.63, 3.8) is 0 Å². The smallest absolute Gasteiger partial charge is 0.321 e. The minimum absolute atomic E-state index is 0.00353. The van der Waals surface area contributed by atoms with Crippen molar-refractivity contribution in [1.29, 1.82) is 0 Å².